The molecule has 172 valence electrons. The molecule has 1 aliphatic carbocycles. The molecule has 1 atom stereocenters. The second-order valence-corrected chi connectivity index (χ2v) is 9.83. The van der Waals surface area contributed by atoms with Gasteiger partial charge in [0.15, 0.2) is 0 Å². The number of esters is 1. The van der Waals surface area contributed by atoms with Crippen molar-refractivity contribution in [1.29, 1.82) is 0 Å². The van der Waals surface area contributed by atoms with Gasteiger partial charge in [-0.15, -0.1) is 11.3 Å². The molecule has 1 saturated carbocycles. The minimum Gasteiger partial charge on any atom is -0.462 e. The van der Waals surface area contributed by atoms with E-state index in [4.69, 9.17) is 4.74 Å². The van der Waals surface area contributed by atoms with Crippen molar-refractivity contribution in [3.63, 3.8) is 0 Å². The maximum atomic E-state index is 13.9. The number of benzene rings is 1. The van der Waals surface area contributed by atoms with E-state index >= 15 is 0 Å². The Balaban J connectivity index is 1.60. The van der Waals surface area contributed by atoms with Gasteiger partial charge in [-0.05, 0) is 62.4 Å². The van der Waals surface area contributed by atoms with Gasteiger partial charge in [-0.3, -0.25) is 14.5 Å². The Kier molecular flexibility index (Phi) is 5.48. The van der Waals surface area contributed by atoms with E-state index in [1.54, 1.807) is 47.4 Å². The Morgan fingerprint density at radius 2 is 2.00 bits per heavy atom. The van der Waals surface area contributed by atoms with Crippen molar-refractivity contribution in [2.75, 3.05) is 11.5 Å². The van der Waals surface area contributed by atoms with E-state index in [9.17, 15) is 14.4 Å². The quantitative estimate of drug-likeness (QED) is 0.568. The molecule has 2 aromatic heterocycles. The molecule has 3 heterocycles. The summed E-state index contributed by atoms with van der Waals surface area (Å²) in [5.74, 6) is -0.882. The Morgan fingerprint density at radius 3 is 2.76 bits per heavy atom. The highest BCUT2D eigenvalue weighted by molar-refractivity contribution is 7.16. The van der Waals surface area contributed by atoms with Crippen LogP contribution >= 0.6 is 11.3 Å². The summed E-state index contributed by atoms with van der Waals surface area (Å²) in [6, 6.07) is 10.8. The van der Waals surface area contributed by atoms with Crippen LogP contribution in [0.15, 0.2) is 41.8 Å². The lowest BCUT2D eigenvalue weighted by Crippen LogP contribution is -2.65. The van der Waals surface area contributed by atoms with Crippen LogP contribution in [0.1, 0.15) is 60.4 Å². The number of rotatable bonds is 5. The van der Waals surface area contributed by atoms with Gasteiger partial charge in [-0.25, -0.2) is 4.79 Å². The SMILES string of the molecule is CCOC(=O)c1cccc(N2C(=O)c3cc4ccsc4n3C[C@@]2(C)C(=O)NC2CCCC2)c1. The van der Waals surface area contributed by atoms with Crippen molar-refractivity contribution in [2.24, 2.45) is 0 Å². The lowest BCUT2D eigenvalue weighted by Gasteiger charge is -2.44. The topological polar surface area (TPSA) is 80.6 Å². The second kappa shape index (κ2) is 8.33. The molecule has 0 bridgehead atoms. The molecule has 1 N–H and O–H groups in total. The summed E-state index contributed by atoms with van der Waals surface area (Å²) >= 11 is 1.56. The number of carbonyl (C=O) groups is 3. The molecule has 1 aromatic carbocycles. The third kappa shape index (κ3) is 3.62. The maximum Gasteiger partial charge on any atom is 0.338 e. The van der Waals surface area contributed by atoms with Gasteiger partial charge < -0.3 is 14.6 Å². The number of hydrogen-bond donors (Lipinski definition) is 1. The Labute approximate surface area is 196 Å². The van der Waals surface area contributed by atoms with E-state index in [2.05, 4.69) is 5.32 Å². The number of nitrogens with one attached hydrogen (secondary N) is 1. The van der Waals surface area contributed by atoms with Crippen molar-refractivity contribution in [3.05, 3.63) is 53.0 Å². The van der Waals surface area contributed by atoms with Gasteiger partial charge in [-0.2, -0.15) is 0 Å². The number of fused-ring (bicyclic) bond motifs is 3. The van der Waals surface area contributed by atoms with Gasteiger partial charge in [0.05, 0.1) is 18.7 Å². The van der Waals surface area contributed by atoms with Crippen LogP contribution in [0.2, 0.25) is 0 Å². The molecular formula is C25H27N3O4S. The van der Waals surface area contributed by atoms with Crippen molar-refractivity contribution >= 4 is 45.0 Å². The molecule has 2 amide bonds. The zero-order valence-corrected chi connectivity index (χ0v) is 19.6. The largest absolute Gasteiger partial charge is 0.462 e. The first-order valence-corrected chi connectivity index (χ1v) is 12.3. The lowest BCUT2D eigenvalue weighted by atomic mass is 9.93. The number of nitrogens with zero attached hydrogens (tertiary/aromatic N) is 2. The summed E-state index contributed by atoms with van der Waals surface area (Å²) in [5.41, 5.74) is 0.244. The zero-order chi connectivity index (χ0) is 23.2. The monoisotopic (exact) mass is 465 g/mol. The average molecular weight is 466 g/mol. The van der Waals surface area contributed by atoms with Crippen molar-refractivity contribution < 1.29 is 19.1 Å². The summed E-state index contributed by atoms with van der Waals surface area (Å²) in [4.78, 5) is 42.5. The summed E-state index contributed by atoms with van der Waals surface area (Å²) in [6.45, 7) is 4.16. The molecule has 0 radical (unpaired) electrons. The predicted molar refractivity (Wildman–Crippen MR) is 128 cm³/mol. The maximum absolute atomic E-state index is 13.9. The van der Waals surface area contributed by atoms with E-state index in [-0.39, 0.29) is 24.5 Å². The molecule has 0 spiro atoms. The van der Waals surface area contributed by atoms with Crippen LogP contribution in [0.4, 0.5) is 5.69 Å². The Hall–Kier alpha value is -3.13. The van der Waals surface area contributed by atoms with Crippen molar-refractivity contribution in [3.8, 4) is 0 Å². The highest BCUT2D eigenvalue weighted by Gasteiger charge is 2.49. The first kappa shape index (κ1) is 21.7. The summed E-state index contributed by atoms with van der Waals surface area (Å²) in [6.07, 6.45) is 4.11. The molecule has 7 nitrogen and oxygen atoms in total. The highest BCUT2D eigenvalue weighted by Crippen LogP contribution is 2.38. The summed E-state index contributed by atoms with van der Waals surface area (Å²) in [5, 5.41) is 6.18. The lowest BCUT2D eigenvalue weighted by molar-refractivity contribution is -0.127. The van der Waals surface area contributed by atoms with Gasteiger partial charge >= 0.3 is 5.97 Å². The molecule has 3 aromatic rings. The molecule has 2 aliphatic rings. The van der Waals surface area contributed by atoms with Crippen molar-refractivity contribution in [1.82, 2.24) is 9.88 Å². The van der Waals surface area contributed by atoms with Gasteiger partial charge in [0.1, 0.15) is 16.1 Å². The van der Waals surface area contributed by atoms with E-state index < -0.39 is 11.5 Å². The number of hydrogen-bond acceptors (Lipinski definition) is 5. The minimum atomic E-state index is -1.16. The number of carbonyl (C=O) groups excluding carboxylic acids is 3. The van der Waals surface area contributed by atoms with Crippen LogP contribution in [0.3, 0.4) is 0 Å². The first-order valence-electron chi connectivity index (χ1n) is 11.4. The normalized spacial score (nSPS) is 20.8. The average Bonchev–Trinajstić information content (AvgIpc) is 3.53. The second-order valence-electron chi connectivity index (χ2n) is 8.94. The predicted octanol–water partition coefficient (Wildman–Crippen LogP) is 4.36. The summed E-state index contributed by atoms with van der Waals surface area (Å²) < 4.78 is 7.11. The number of amides is 2. The van der Waals surface area contributed by atoms with E-state index in [1.165, 1.54) is 0 Å². The third-order valence-corrected chi connectivity index (χ3v) is 7.63. The Morgan fingerprint density at radius 1 is 1.21 bits per heavy atom. The molecule has 0 unspecified atom stereocenters. The first-order chi connectivity index (χ1) is 15.9. The van der Waals surface area contributed by atoms with Gasteiger partial charge in [0, 0.05) is 17.1 Å². The molecular weight excluding hydrogens is 438 g/mol. The molecule has 0 saturated heterocycles. The van der Waals surface area contributed by atoms with Crippen LogP contribution in [0, 0.1) is 0 Å². The number of thiophene rings is 1. The summed E-state index contributed by atoms with van der Waals surface area (Å²) in [7, 11) is 0. The van der Waals surface area contributed by atoms with Crippen LogP contribution in [-0.4, -0.2) is 40.5 Å². The van der Waals surface area contributed by atoms with Crippen LogP contribution in [0.5, 0.6) is 0 Å². The standard InChI is InChI=1S/C25H27N3O4S/c1-3-32-23(30)17-7-6-10-19(13-17)28-21(29)20-14-16-11-12-33-22(16)27(20)15-25(28,2)24(31)26-18-8-4-5-9-18/h6-7,10-14,18H,3-5,8-9,15H2,1-2H3,(H,26,31)/t25-/m0/s1. The van der Waals surface area contributed by atoms with E-state index in [0.29, 0.717) is 23.5 Å². The minimum absolute atomic E-state index is 0.130. The molecule has 1 fully saturated rings. The fraction of sp³-hybridized carbons (Fsp3) is 0.400. The van der Waals surface area contributed by atoms with Crippen LogP contribution < -0.4 is 10.2 Å². The zero-order valence-electron chi connectivity index (χ0n) is 18.8. The fourth-order valence-electron chi connectivity index (χ4n) is 5.00. The third-order valence-electron chi connectivity index (χ3n) is 6.68. The van der Waals surface area contributed by atoms with E-state index in [1.807, 2.05) is 29.0 Å². The molecule has 33 heavy (non-hydrogen) atoms. The molecule has 5 rings (SSSR count). The van der Waals surface area contributed by atoms with Crippen molar-refractivity contribution in [2.45, 2.75) is 57.7 Å². The molecule has 8 heteroatoms. The Bertz CT molecular complexity index is 1240. The highest BCUT2D eigenvalue weighted by atomic mass is 32.1. The van der Waals surface area contributed by atoms with Gasteiger partial charge in [0.25, 0.3) is 5.91 Å². The van der Waals surface area contributed by atoms with E-state index in [0.717, 1.165) is 35.9 Å². The number of ether oxygens (including phenoxy) is 1. The molecule has 1 aliphatic heterocycles. The smallest absolute Gasteiger partial charge is 0.338 e. The van der Waals surface area contributed by atoms with Gasteiger partial charge in [0.2, 0.25) is 5.91 Å². The van der Waals surface area contributed by atoms with Crippen LogP contribution in [-0.2, 0) is 16.1 Å². The number of aromatic nitrogens is 1. The number of anilines is 1. The van der Waals surface area contributed by atoms with Gasteiger partial charge in [-0.1, -0.05) is 18.9 Å². The van der Waals surface area contributed by atoms with Crippen LogP contribution in [0.25, 0.3) is 10.2 Å². The fourth-order valence-corrected chi connectivity index (χ4v) is 5.90.